The van der Waals surface area contributed by atoms with Crippen molar-refractivity contribution in [2.75, 3.05) is 0 Å². The average Bonchev–Trinajstić information content (AvgIpc) is 3.52. The molecular formula is C43H30N6. The van der Waals surface area contributed by atoms with E-state index >= 15 is 0 Å². The molecule has 1 atom stereocenters. The molecular weight excluding hydrogens is 601 g/mol. The second kappa shape index (κ2) is 12.2. The van der Waals surface area contributed by atoms with E-state index < -0.39 is 0 Å². The Morgan fingerprint density at radius 2 is 1.22 bits per heavy atom. The molecule has 0 N–H and O–H groups in total. The summed E-state index contributed by atoms with van der Waals surface area (Å²) in [6.45, 7) is 0. The summed E-state index contributed by atoms with van der Waals surface area (Å²) in [5.74, 6) is 0. The van der Waals surface area contributed by atoms with E-state index in [1.54, 1.807) is 12.4 Å². The monoisotopic (exact) mass is 630 g/mol. The molecule has 0 radical (unpaired) electrons. The van der Waals surface area contributed by atoms with Crippen molar-refractivity contribution in [3.63, 3.8) is 0 Å². The summed E-state index contributed by atoms with van der Waals surface area (Å²) < 4.78 is 2.45. The zero-order valence-corrected chi connectivity index (χ0v) is 26.6. The van der Waals surface area contributed by atoms with Crippen LogP contribution in [0.25, 0.3) is 78.1 Å². The minimum absolute atomic E-state index is 0.275. The smallest absolute Gasteiger partial charge is 0.0899 e. The molecule has 0 fully saturated rings. The molecule has 0 bridgehead atoms. The first-order valence-corrected chi connectivity index (χ1v) is 16.4. The van der Waals surface area contributed by atoms with Crippen LogP contribution in [0.2, 0.25) is 0 Å². The molecule has 6 heteroatoms. The van der Waals surface area contributed by atoms with Gasteiger partial charge >= 0.3 is 0 Å². The van der Waals surface area contributed by atoms with Crippen LogP contribution in [0.4, 0.5) is 0 Å². The van der Waals surface area contributed by atoms with Gasteiger partial charge in [-0.05, 0) is 101 Å². The molecule has 2 aromatic carbocycles. The molecule has 1 aliphatic carbocycles. The SMILES string of the molecule is C1=CCC(n2c3ccncc3c3cc(-c4cccc(-c5cc(-c6ccc(-c7ccccn7)nc6)nc(-c6ccccn6)c5)c4)ccc32)C=C1. The predicted octanol–water partition coefficient (Wildman–Crippen LogP) is 10.2. The molecule has 0 amide bonds. The maximum Gasteiger partial charge on any atom is 0.0899 e. The van der Waals surface area contributed by atoms with E-state index in [1.807, 2.05) is 61.1 Å². The van der Waals surface area contributed by atoms with Gasteiger partial charge in [-0.2, -0.15) is 0 Å². The first kappa shape index (κ1) is 28.7. The van der Waals surface area contributed by atoms with Crippen LogP contribution in [0.5, 0.6) is 0 Å². The van der Waals surface area contributed by atoms with Crippen molar-refractivity contribution in [1.29, 1.82) is 0 Å². The minimum Gasteiger partial charge on any atom is -0.333 e. The molecule has 232 valence electrons. The van der Waals surface area contributed by atoms with E-state index in [2.05, 4.69) is 111 Å². The molecule has 9 rings (SSSR count). The van der Waals surface area contributed by atoms with Gasteiger partial charge in [0, 0.05) is 52.8 Å². The van der Waals surface area contributed by atoms with Crippen LogP contribution in [0.15, 0.2) is 164 Å². The van der Waals surface area contributed by atoms with Crippen molar-refractivity contribution in [2.24, 2.45) is 0 Å². The zero-order valence-electron chi connectivity index (χ0n) is 26.6. The van der Waals surface area contributed by atoms with Gasteiger partial charge in [0.1, 0.15) is 0 Å². The fourth-order valence-electron chi connectivity index (χ4n) is 6.77. The molecule has 8 aromatic rings. The van der Waals surface area contributed by atoms with E-state index in [0.29, 0.717) is 0 Å². The van der Waals surface area contributed by atoms with Crippen LogP contribution < -0.4 is 0 Å². The number of hydrogen-bond acceptors (Lipinski definition) is 5. The maximum atomic E-state index is 5.05. The Kier molecular flexibility index (Phi) is 7.17. The van der Waals surface area contributed by atoms with Crippen molar-refractivity contribution in [3.8, 4) is 56.3 Å². The lowest BCUT2D eigenvalue weighted by atomic mass is 9.96. The minimum atomic E-state index is 0.275. The Balaban J connectivity index is 1.13. The molecule has 6 nitrogen and oxygen atoms in total. The van der Waals surface area contributed by atoms with E-state index in [1.165, 1.54) is 21.8 Å². The Hall–Kier alpha value is -6.53. The van der Waals surface area contributed by atoms with Crippen LogP contribution in [0, 0.1) is 0 Å². The van der Waals surface area contributed by atoms with Crippen LogP contribution in [0.3, 0.4) is 0 Å². The van der Waals surface area contributed by atoms with Crippen molar-refractivity contribution < 1.29 is 0 Å². The molecule has 0 aliphatic heterocycles. The lowest BCUT2D eigenvalue weighted by Crippen LogP contribution is -2.06. The first-order valence-electron chi connectivity index (χ1n) is 16.4. The summed E-state index contributed by atoms with van der Waals surface area (Å²) in [6.07, 6.45) is 19.1. The Bertz CT molecular complexity index is 2520. The van der Waals surface area contributed by atoms with Crippen molar-refractivity contribution in [3.05, 3.63) is 164 Å². The Morgan fingerprint density at radius 1 is 0.490 bits per heavy atom. The van der Waals surface area contributed by atoms with Gasteiger partial charge in [-0.15, -0.1) is 0 Å². The number of rotatable bonds is 6. The van der Waals surface area contributed by atoms with Gasteiger partial charge in [-0.1, -0.05) is 60.7 Å². The highest BCUT2D eigenvalue weighted by Gasteiger charge is 2.18. The van der Waals surface area contributed by atoms with Crippen molar-refractivity contribution in [2.45, 2.75) is 12.5 Å². The Labute approximate surface area is 283 Å². The summed E-state index contributed by atoms with van der Waals surface area (Å²) in [6, 6.07) is 38.0. The van der Waals surface area contributed by atoms with Crippen molar-refractivity contribution in [1.82, 2.24) is 29.5 Å². The molecule has 6 aromatic heterocycles. The second-order valence-electron chi connectivity index (χ2n) is 12.2. The number of aromatic nitrogens is 6. The lowest BCUT2D eigenvalue weighted by Gasteiger charge is -2.18. The normalized spacial score (nSPS) is 14.1. The number of benzene rings is 2. The van der Waals surface area contributed by atoms with Crippen LogP contribution >= 0.6 is 0 Å². The van der Waals surface area contributed by atoms with Gasteiger partial charge in [0.05, 0.1) is 40.0 Å². The summed E-state index contributed by atoms with van der Waals surface area (Å²) in [7, 11) is 0. The predicted molar refractivity (Wildman–Crippen MR) is 198 cm³/mol. The third-order valence-electron chi connectivity index (χ3n) is 9.16. The fraction of sp³-hybridized carbons (Fsp3) is 0.0465. The highest BCUT2D eigenvalue weighted by atomic mass is 15.0. The quantitative estimate of drug-likeness (QED) is 0.183. The molecule has 0 spiro atoms. The largest absolute Gasteiger partial charge is 0.333 e. The van der Waals surface area contributed by atoms with Crippen LogP contribution in [0.1, 0.15) is 12.5 Å². The summed E-state index contributed by atoms with van der Waals surface area (Å²) in [5, 5.41) is 2.37. The molecule has 1 aliphatic rings. The maximum absolute atomic E-state index is 5.05. The lowest BCUT2D eigenvalue weighted by molar-refractivity contribution is 0.648. The molecule has 1 unspecified atom stereocenters. The van der Waals surface area contributed by atoms with Gasteiger partial charge in [0.15, 0.2) is 0 Å². The van der Waals surface area contributed by atoms with Crippen LogP contribution in [-0.4, -0.2) is 29.5 Å². The standard InChI is InChI=1S/C43H30N6/c1-2-11-34(12-3-1)49-42-18-16-31(24-35(42)36-28-44-22-19-43(36)49)29-9-8-10-30(23-29)33-25-40(48-41(26-33)38-14-5-7-21-46-38)32-15-17-39(47-27-32)37-13-4-6-20-45-37/h1-11,13-28,34H,12H2. The number of allylic oxidation sites excluding steroid dienone is 4. The second-order valence-corrected chi connectivity index (χ2v) is 12.2. The summed E-state index contributed by atoms with van der Waals surface area (Å²) in [5.41, 5.74) is 11.9. The molecule has 6 heterocycles. The van der Waals surface area contributed by atoms with Crippen molar-refractivity contribution >= 4 is 21.8 Å². The summed E-state index contributed by atoms with van der Waals surface area (Å²) in [4.78, 5) is 23.4. The third-order valence-corrected chi connectivity index (χ3v) is 9.16. The average molecular weight is 631 g/mol. The highest BCUT2D eigenvalue weighted by molar-refractivity contribution is 6.09. The number of nitrogens with zero attached hydrogens (tertiary/aromatic N) is 6. The van der Waals surface area contributed by atoms with E-state index in [0.717, 1.165) is 62.7 Å². The fourth-order valence-corrected chi connectivity index (χ4v) is 6.77. The van der Waals surface area contributed by atoms with Gasteiger partial charge in [-0.25, -0.2) is 4.98 Å². The van der Waals surface area contributed by atoms with E-state index in [-0.39, 0.29) is 6.04 Å². The highest BCUT2D eigenvalue weighted by Crippen LogP contribution is 2.38. The number of pyridine rings is 5. The van der Waals surface area contributed by atoms with Crippen LogP contribution in [-0.2, 0) is 0 Å². The molecule has 0 saturated heterocycles. The number of fused-ring (bicyclic) bond motifs is 3. The third kappa shape index (κ3) is 5.39. The summed E-state index contributed by atoms with van der Waals surface area (Å²) >= 11 is 0. The van der Waals surface area contributed by atoms with Gasteiger partial charge in [0.2, 0.25) is 0 Å². The topological polar surface area (TPSA) is 69.4 Å². The van der Waals surface area contributed by atoms with E-state index in [9.17, 15) is 0 Å². The number of hydrogen-bond donors (Lipinski definition) is 0. The Morgan fingerprint density at radius 3 is 1.98 bits per heavy atom. The van der Waals surface area contributed by atoms with E-state index in [4.69, 9.17) is 9.97 Å². The van der Waals surface area contributed by atoms with Gasteiger partial charge in [-0.3, -0.25) is 19.9 Å². The van der Waals surface area contributed by atoms with Gasteiger partial charge < -0.3 is 4.57 Å². The molecule has 0 saturated carbocycles. The molecule has 49 heavy (non-hydrogen) atoms. The van der Waals surface area contributed by atoms with Gasteiger partial charge in [0.25, 0.3) is 0 Å². The first-order chi connectivity index (χ1) is 24.3. The zero-order chi connectivity index (χ0) is 32.6.